The molecule has 0 unspecified atom stereocenters. The Kier molecular flexibility index (Phi) is 4.58. The zero-order chi connectivity index (χ0) is 19.7. The molecule has 0 bridgehead atoms. The lowest BCUT2D eigenvalue weighted by Gasteiger charge is -2.18. The van der Waals surface area contributed by atoms with Crippen LogP contribution in [0.3, 0.4) is 0 Å². The summed E-state index contributed by atoms with van der Waals surface area (Å²) in [7, 11) is 0. The summed E-state index contributed by atoms with van der Waals surface area (Å²) in [6, 6.07) is 12.9. The molecule has 0 radical (unpaired) electrons. The molecule has 0 fully saturated rings. The molecule has 7 heteroatoms. The number of benzene rings is 2. The van der Waals surface area contributed by atoms with Gasteiger partial charge >= 0.3 is 6.18 Å². The third-order valence-electron chi connectivity index (χ3n) is 4.55. The highest BCUT2D eigenvalue weighted by atomic mass is 19.4. The second kappa shape index (κ2) is 7.07. The van der Waals surface area contributed by atoms with Gasteiger partial charge in [0.1, 0.15) is 12.7 Å². The summed E-state index contributed by atoms with van der Waals surface area (Å²) in [6.45, 7) is 2.02. The summed E-state index contributed by atoms with van der Waals surface area (Å²) in [5, 5.41) is 5.06. The summed E-state index contributed by atoms with van der Waals surface area (Å²) in [6.07, 6.45) is -0.00987. The van der Waals surface area contributed by atoms with E-state index in [1.165, 1.54) is 18.5 Å². The number of hydrogen-bond acceptors (Lipinski definition) is 3. The van der Waals surface area contributed by atoms with Gasteiger partial charge in [0.15, 0.2) is 0 Å². The maximum atomic E-state index is 13.3. The monoisotopic (exact) mass is 382 g/mol. The molecule has 0 aliphatic rings. The molecule has 2 aromatic heterocycles. The number of nitrogens with zero attached hydrogens (tertiary/aromatic N) is 4. The number of alkyl halides is 3. The Morgan fingerprint density at radius 3 is 2.57 bits per heavy atom. The Hall–Kier alpha value is -3.22. The third kappa shape index (κ3) is 3.24. The lowest BCUT2D eigenvalue weighted by molar-refractivity contribution is -0.137. The fraction of sp³-hybridized carbons (Fsp3) is 0.190. The van der Waals surface area contributed by atoms with Crippen LogP contribution in [0.4, 0.5) is 13.2 Å². The van der Waals surface area contributed by atoms with Crippen molar-refractivity contribution < 1.29 is 13.2 Å². The number of para-hydroxylation sites is 1. The molecule has 28 heavy (non-hydrogen) atoms. The largest absolute Gasteiger partial charge is 0.416 e. The van der Waals surface area contributed by atoms with Gasteiger partial charge in [0.2, 0.25) is 0 Å². The lowest BCUT2D eigenvalue weighted by atomic mass is 9.95. The SMILES string of the molecule is CCCc1nc2ccccc2c(-n2cncn2)c1-c1cccc(C(F)(F)F)c1. The molecular formula is C21H17F3N4. The maximum absolute atomic E-state index is 13.3. The Balaban J connectivity index is 2.09. The van der Waals surface area contributed by atoms with E-state index < -0.39 is 11.7 Å². The van der Waals surface area contributed by atoms with Crippen LogP contribution in [0.1, 0.15) is 24.6 Å². The number of halogens is 3. The molecular weight excluding hydrogens is 365 g/mol. The molecule has 142 valence electrons. The molecule has 4 aromatic rings. The first-order valence-corrected chi connectivity index (χ1v) is 8.93. The normalized spacial score (nSPS) is 11.9. The van der Waals surface area contributed by atoms with Crippen LogP contribution in [0.5, 0.6) is 0 Å². The number of aryl methyl sites for hydroxylation is 1. The van der Waals surface area contributed by atoms with Crippen LogP contribution in [0, 0.1) is 0 Å². The average Bonchev–Trinajstić information content (AvgIpc) is 3.21. The number of fused-ring (bicyclic) bond motifs is 1. The van der Waals surface area contributed by atoms with Crippen LogP contribution in [0.2, 0.25) is 0 Å². The summed E-state index contributed by atoms with van der Waals surface area (Å²) >= 11 is 0. The van der Waals surface area contributed by atoms with Crippen LogP contribution in [-0.4, -0.2) is 19.7 Å². The molecule has 0 saturated carbocycles. The molecule has 4 nitrogen and oxygen atoms in total. The first kappa shape index (κ1) is 18.2. The minimum absolute atomic E-state index is 0.460. The predicted molar refractivity (Wildman–Crippen MR) is 101 cm³/mol. The van der Waals surface area contributed by atoms with Crippen LogP contribution in [0.15, 0.2) is 61.2 Å². The van der Waals surface area contributed by atoms with Crippen molar-refractivity contribution in [3.8, 4) is 16.8 Å². The second-order valence-corrected chi connectivity index (χ2v) is 6.47. The first-order valence-electron chi connectivity index (χ1n) is 8.93. The van der Waals surface area contributed by atoms with Gasteiger partial charge in [-0.25, -0.2) is 9.67 Å². The topological polar surface area (TPSA) is 43.6 Å². The van der Waals surface area contributed by atoms with Crippen molar-refractivity contribution in [2.24, 2.45) is 0 Å². The van der Waals surface area contributed by atoms with E-state index in [2.05, 4.69) is 10.1 Å². The van der Waals surface area contributed by atoms with E-state index in [1.54, 1.807) is 17.1 Å². The molecule has 0 atom stereocenters. The first-order chi connectivity index (χ1) is 13.5. The van der Waals surface area contributed by atoms with Crippen molar-refractivity contribution >= 4 is 10.9 Å². The Labute approximate surface area is 159 Å². The summed E-state index contributed by atoms with van der Waals surface area (Å²) in [4.78, 5) is 8.78. The van der Waals surface area contributed by atoms with E-state index in [1.807, 2.05) is 31.2 Å². The van der Waals surface area contributed by atoms with Crippen LogP contribution in [-0.2, 0) is 12.6 Å². The Bertz CT molecular complexity index is 1120. The van der Waals surface area contributed by atoms with Gasteiger partial charge in [0.25, 0.3) is 0 Å². The molecule has 0 aliphatic carbocycles. The lowest BCUT2D eigenvalue weighted by Crippen LogP contribution is -2.07. The summed E-state index contributed by atoms with van der Waals surface area (Å²) in [5.41, 5.74) is 2.62. The second-order valence-electron chi connectivity index (χ2n) is 6.47. The highest BCUT2D eigenvalue weighted by Gasteiger charge is 2.31. The molecule has 0 amide bonds. The fourth-order valence-electron chi connectivity index (χ4n) is 3.38. The van der Waals surface area contributed by atoms with Crippen molar-refractivity contribution in [3.63, 3.8) is 0 Å². The number of pyridine rings is 1. The van der Waals surface area contributed by atoms with Gasteiger partial charge in [-0.2, -0.15) is 18.3 Å². The van der Waals surface area contributed by atoms with E-state index in [9.17, 15) is 13.2 Å². The quantitative estimate of drug-likeness (QED) is 0.471. The smallest absolute Gasteiger partial charge is 0.252 e. The number of rotatable bonds is 4. The van der Waals surface area contributed by atoms with Crippen LogP contribution in [0.25, 0.3) is 27.7 Å². The van der Waals surface area contributed by atoms with E-state index in [0.717, 1.165) is 29.1 Å². The predicted octanol–water partition coefficient (Wildman–Crippen LogP) is 5.45. The highest BCUT2D eigenvalue weighted by molar-refractivity contribution is 5.95. The molecule has 0 N–H and O–H groups in total. The molecule has 2 heterocycles. The van der Waals surface area contributed by atoms with Crippen molar-refractivity contribution in [1.82, 2.24) is 19.7 Å². The van der Waals surface area contributed by atoms with Crippen molar-refractivity contribution in [2.75, 3.05) is 0 Å². The molecule has 0 saturated heterocycles. The minimum atomic E-state index is -4.42. The minimum Gasteiger partial charge on any atom is -0.252 e. The fourth-order valence-corrected chi connectivity index (χ4v) is 3.38. The van der Waals surface area contributed by atoms with Gasteiger partial charge in [-0.3, -0.25) is 4.98 Å². The van der Waals surface area contributed by atoms with Gasteiger partial charge in [-0.15, -0.1) is 0 Å². The van der Waals surface area contributed by atoms with Gasteiger partial charge in [0.05, 0.1) is 22.5 Å². The summed E-state index contributed by atoms with van der Waals surface area (Å²) < 4.78 is 41.5. The Morgan fingerprint density at radius 2 is 1.86 bits per heavy atom. The maximum Gasteiger partial charge on any atom is 0.416 e. The third-order valence-corrected chi connectivity index (χ3v) is 4.55. The van der Waals surface area contributed by atoms with Crippen molar-refractivity contribution in [2.45, 2.75) is 25.9 Å². The van der Waals surface area contributed by atoms with Crippen LogP contribution < -0.4 is 0 Å². The van der Waals surface area contributed by atoms with E-state index in [-0.39, 0.29) is 0 Å². The van der Waals surface area contributed by atoms with E-state index in [4.69, 9.17) is 4.98 Å². The van der Waals surface area contributed by atoms with Gasteiger partial charge in [-0.1, -0.05) is 43.7 Å². The van der Waals surface area contributed by atoms with E-state index >= 15 is 0 Å². The number of hydrogen-bond donors (Lipinski definition) is 0. The van der Waals surface area contributed by atoms with Crippen LogP contribution >= 0.6 is 0 Å². The van der Waals surface area contributed by atoms with Gasteiger partial charge in [-0.05, 0) is 30.2 Å². The van der Waals surface area contributed by atoms with Gasteiger partial charge in [0, 0.05) is 10.9 Å². The molecule has 2 aromatic carbocycles. The van der Waals surface area contributed by atoms with Crippen molar-refractivity contribution in [3.05, 3.63) is 72.4 Å². The van der Waals surface area contributed by atoms with E-state index in [0.29, 0.717) is 23.2 Å². The molecule has 0 spiro atoms. The highest BCUT2D eigenvalue weighted by Crippen LogP contribution is 2.38. The zero-order valence-corrected chi connectivity index (χ0v) is 15.1. The standard InChI is InChI=1S/C21H17F3N4/c1-2-6-18-19(14-7-5-8-15(11-14)21(22,23)24)20(28-13-25-12-26-28)16-9-3-4-10-17(16)27-18/h3-5,7-13H,2,6H2,1H3. The molecule has 4 rings (SSSR count). The Morgan fingerprint density at radius 1 is 1.04 bits per heavy atom. The summed E-state index contributed by atoms with van der Waals surface area (Å²) in [5.74, 6) is 0. The zero-order valence-electron chi connectivity index (χ0n) is 15.1. The molecule has 0 aliphatic heterocycles. The average molecular weight is 382 g/mol. The van der Waals surface area contributed by atoms with Gasteiger partial charge < -0.3 is 0 Å². The number of aromatic nitrogens is 4. The van der Waals surface area contributed by atoms with Crippen molar-refractivity contribution in [1.29, 1.82) is 0 Å².